The molecule has 0 radical (unpaired) electrons. The van der Waals surface area contributed by atoms with Crippen LogP contribution in [0.5, 0.6) is 0 Å². The van der Waals surface area contributed by atoms with E-state index in [1.54, 1.807) is 6.08 Å². The number of aliphatic hydroxyl groups excluding tert-OH is 2. The van der Waals surface area contributed by atoms with E-state index in [1.165, 1.54) is 19.3 Å². The molecule has 0 amide bonds. The van der Waals surface area contributed by atoms with Crippen LogP contribution in [-0.2, 0) is 0 Å². The van der Waals surface area contributed by atoms with Gasteiger partial charge < -0.3 is 10.2 Å². The second kappa shape index (κ2) is 22.6. The summed E-state index contributed by atoms with van der Waals surface area (Å²) in [5, 5.41) is 15.2. The van der Waals surface area contributed by atoms with Crippen molar-refractivity contribution in [3.63, 3.8) is 0 Å². The van der Waals surface area contributed by atoms with Crippen LogP contribution in [0.15, 0.2) is 25.8 Å². The van der Waals surface area contributed by atoms with Crippen molar-refractivity contribution in [2.45, 2.75) is 60.8 Å². The van der Waals surface area contributed by atoms with Gasteiger partial charge in [-0.2, -0.15) is 0 Å². The molecule has 0 aliphatic heterocycles. The average molecular weight is 274 g/mol. The van der Waals surface area contributed by atoms with Crippen LogP contribution in [0.3, 0.4) is 0 Å². The van der Waals surface area contributed by atoms with Crippen molar-refractivity contribution in [3.8, 4) is 0 Å². The Hall–Kier alpha value is -0.600. The van der Waals surface area contributed by atoms with E-state index in [0.717, 1.165) is 5.92 Å². The SMILES string of the molecule is C=C.C=CC.CCCCC(C)C(C)(C)C.OCCO. The Morgan fingerprint density at radius 1 is 1.11 bits per heavy atom. The zero-order valence-electron chi connectivity index (χ0n) is 14.2. The smallest absolute Gasteiger partial charge is 0.0662 e. The molecule has 0 saturated carbocycles. The molecule has 0 spiro atoms. The lowest BCUT2D eigenvalue weighted by Gasteiger charge is -2.26. The third-order valence-corrected chi connectivity index (χ3v) is 2.57. The molecule has 2 heteroatoms. The highest BCUT2D eigenvalue weighted by Gasteiger charge is 2.18. The Bertz CT molecular complexity index is 146. The van der Waals surface area contributed by atoms with Gasteiger partial charge >= 0.3 is 0 Å². The number of hydrogen-bond acceptors (Lipinski definition) is 2. The standard InChI is InChI=1S/C10H22.C3H6.C2H6O2.C2H4/c1-6-7-8-9(2)10(3,4)5;1-3-2;3-1-2-4;1-2/h9H,6-8H2,1-5H3;3H,1H2,2H3;3-4H,1-2H2;1-2H2. The zero-order valence-corrected chi connectivity index (χ0v) is 14.2. The quantitative estimate of drug-likeness (QED) is 0.721. The predicted octanol–water partition coefficient (Wildman–Crippen LogP) is 4.82. The summed E-state index contributed by atoms with van der Waals surface area (Å²) in [4.78, 5) is 0. The number of aliphatic hydroxyl groups is 2. The molecular formula is C17H38O2. The summed E-state index contributed by atoms with van der Waals surface area (Å²) in [5.74, 6) is 0.868. The first-order valence-corrected chi connectivity index (χ1v) is 7.10. The molecule has 2 nitrogen and oxygen atoms in total. The fourth-order valence-corrected chi connectivity index (χ4v) is 0.943. The Morgan fingerprint density at radius 2 is 1.42 bits per heavy atom. The van der Waals surface area contributed by atoms with E-state index in [-0.39, 0.29) is 13.2 Å². The molecule has 0 aromatic carbocycles. The summed E-state index contributed by atoms with van der Waals surface area (Å²) in [7, 11) is 0. The summed E-state index contributed by atoms with van der Waals surface area (Å²) in [6.45, 7) is 22.6. The van der Waals surface area contributed by atoms with Crippen molar-refractivity contribution in [1.29, 1.82) is 0 Å². The first kappa shape index (κ1) is 26.9. The van der Waals surface area contributed by atoms with Gasteiger partial charge in [0.2, 0.25) is 0 Å². The molecule has 0 bridgehead atoms. The maximum absolute atomic E-state index is 7.62. The zero-order chi connectivity index (χ0) is 16.3. The summed E-state index contributed by atoms with van der Waals surface area (Å²) < 4.78 is 0. The topological polar surface area (TPSA) is 40.5 Å². The van der Waals surface area contributed by atoms with Crippen LogP contribution in [0.1, 0.15) is 60.8 Å². The van der Waals surface area contributed by atoms with Gasteiger partial charge in [-0.3, -0.25) is 0 Å². The van der Waals surface area contributed by atoms with Crippen LogP contribution >= 0.6 is 0 Å². The summed E-state index contributed by atoms with van der Waals surface area (Å²) >= 11 is 0. The predicted molar refractivity (Wildman–Crippen MR) is 89.4 cm³/mol. The molecule has 2 N–H and O–H groups in total. The maximum Gasteiger partial charge on any atom is 0.0662 e. The van der Waals surface area contributed by atoms with Gasteiger partial charge in [-0.1, -0.05) is 60.0 Å². The van der Waals surface area contributed by atoms with Crippen LogP contribution in [0, 0.1) is 11.3 Å². The van der Waals surface area contributed by atoms with Gasteiger partial charge in [0.1, 0.15) is 0 Å². The molecule has 0 saturated heterocycles. The normalized spacial score (nSPS) is 10.5. The maximum atomic E-state index is 7.62. The first-order chi connectivity index (χ1) is 8.81. The van der Waals surface area contributed by atoms with Crippen LogP contribution in [0.2, 0.25) is 0 Å². The van der Waals surface area contributed by atoms with E-state index in [0.29, 0.717) is 5.41 Å². The minimum atomic E-state index is -0.125. The molecule has 118 valence electrons. The van der Waals surface area contributed by atoms with E-state index in [9.17, 15) is 0 Å². The Labute approximate surface area is 122 Å². The van der Waals surface area contributed by atoms with Gasteiger partial charge in [0.15, 0.2) is 0 Å². The highest BCUT2D eigenvalue weighted by molar-refractivity contribution is 4.69. The minimum absolute atomic E-state index is 0.125. The van der Waals surface area contributed by atoms with E-state index >= 15 is 0 Å². The van der Waals surface area contributed by atoms with E-state index in [1.807, 2.05) is 6.92 Å². The number of unbranched alkanes of at least 4 members (excludes halogenated alkanes) is 1. The van der Waals surface area contributed by atoms with Gasteiger partial charge in [0.25, 0.3) is 0 Å². The molecule has 19 heavy (non-hydrogen) atoms. The average Bonchev–Trinajstić information content (AvgIpc) is 2.38. The molecule has 0 aromatic heterocycles. The monoisotopic (exact) mass is 274 g/mol. The van der Waals surface area contributed by atoms with Crippen molar-refractivity contribution in [2.75, 3.05) is 13.2 Å². The Balaban J connectivity index is -0.000000104. The number of rotatable bonds is 4. The van der Waals surface area contributed by atoms with Gasteiger partial charge in [-0.15, -0.1) is 19.7 Å². The fourth-order valence-electron chi connectivity index (χ4n) is 0.943. The lowest BCUT2D eigenvalue weighted by Crippen LogP contribution is -2.16. The van der Waals surface area contributed by atoms with Gasteiger partial charge in [0.05, 0.1) is 13.2 Å². The fraction of sp³-hybridized carbons (Fsp3) is 0.765. The molecule has 0 fully saturated rings. The van der Waals surface area contributed by atoms with Gasteiger partial charge in [0, 0.05) is 0 Å². The van der Waals surface area contributed by atoms with Crippen LogP contribution in [0.4, 0.5) is 0 Å². The summed E-state index contributed by atoms with van der Waals surface area (Å²) in [5.41, 5.74) is 0.509. The lowest BCUT2D eigenvalue weighted by atomic mass is 9.79. The number of allylic oxidation sites excluding steroid dienone is 1. The highest BCUT2D eigenvalue weighted by Crippen LogP contribution is 2.29. The molecule has 1 atom stereocenters. The first-order valence-electron chi connectivity index (χ1n) is 7.10. The Morgan fingerprint density at radius 3 is 1.58 bits per heavy atom. The van der Waals surface area contributed by atoms with Crippen molar-refractivity contribution in [2.24, 2.45) is 11.3 Å². The van der Waals surface area contributed by atoms with Crippen LogP contribution < -0.4 is 0 Å². The molecular weight excluding hydrogens is 236 g/mol. The summed E-state index contributed by atoms with van der Waals surface area (Å²) in [6.07, 6.45) is 5.86. The van der Waals surface area contributed by atoms with Crippen molar-refractivity contribution in [1.82, 2.24) is 0 Å². The molecule has 0 aromatic rings. The molecule has 0 aliphatic carbocycles. The van der Waals surface area contributed by atoms with Crippen molar-refractivity contribution < 1.29 is 10.2 Å². The van der Waals surface area contributed by atoms with E-state index in [2.05, 4.69) is 54.4 Å². The largest absolute Gasteiger partial charge is 0.394 e. The third kappa shape index (κ3) is 38.2. The van der Waals surface area contributed by atoms with E-state index < -0.39 is 0 Å². The summed E-state index contributed by atoms with van der Waals surface area (Å²) in [6, 6.07) is 0. The van der Waals surface area contributed by atoms with Crippen molar-refractivity contribution >= 4 is 0 Å². The second-order valence-corrected chi connectivity index (χ2v) is 5.26. The minimum Gasteiger partial charge on any atom is -0.394 e. The lowest BCUT2D eigenvalue weighted by molar-refractivity contribution is 0.186. The third-order valence-electron chi connectivity index (χ3n) is 2.57. The van der Waals surface area contributed by atoms with E-state index in [4.69, 9.17) is 10.2 Å². The molecule has 0 heterocycles. The molecule has 1 unspecified atom stereocenters. The van der Waals surface area contributed by atoms with Gasteiger partial charge in [-0.25, -0.2) is 0 Å². The highest BCUT2D eigenvalue weighted by atomic mass is 16.3. The Kier molecular flexibility index (Phi) is 31.9. The van der Waals surface area contributed by atoms with Crippen LogP contribution in [-0.4, -0.2) is 23.4 Å². The number of hydrogen-bond donors (Lipinski definition) is 2. The van der Waals surface area contributed by atoms with Crippen LogP contribution in [0.25, 0.3) is 0 Å². The van der Waals surface area contributed by atoms with Gasteiger partial charge in [-0.05, 0) is 18.3 Å². The second-order valence-electron chi connectivity index (χ2n) is 5.26. The molecule has 0 aliphatic rings. The van der Waals surface area contributed by atoms with Crippen molar-refractivity contribution in [3.05, 3.63) is 25.8 Å². The molecule has 0 rings (SSSR count).